The fourth-order valence-corrected chi connectivity index (χ4v) is 5.59. The van der Waals surface area contributed by atoms with Crippen molar-refractivity contribution in [2.45, 2.75) is 50.4 Å². The summed E-state index contributed by atoms with van der Waals surface area (Å²) in [5.74, 6) is 0.299. The molecule has 2 heterocycles. The number of carbonyl (C=O) groups is 1. The van der Waals surface area contributed by atoms with E-state index in [4.69, 9.17) is 0 Å². The number of fused-ring (bicyclic) bond motifs is 3. The third-order valence-corrected chi connectivity index (χ3v) is 7.35. The molecular weight excluding hydrogens is 404 g/mol. The van der Waals surface area contributed by atoms with E-state index < -0.39 is 0 Å². The van der Waals surface area contributed by atoms with Gasteiger partial charge in [0.15, 0.2) is 0 Å². The molecule has 2 aliphatic heterocycles. The van der Waals surface area contributed by atoms with Gasteiger partial charge >= 0.3 is 0 Å². The maximum absolute atomic E-state index is 12.8. The smallest absolute Gasteiger partial charge is 0.226 e. The lowest BCUT2D eigenvalue weighted by Crippen LogP contribution is -2.42. The highest BCUT2D eigenvalue weighted by Crippen LogP contribution is 2.43. The second kappa shape index (κ2) is 9.58. The van der Waals surface area contributed by atoms with Crippen LogP contribution in [0.3, 0.4) is 0 Å². The Hall–Kier alpha value is -2.10. The molecule has 0 aromatic heterocycles. The largest absolute Gasteiger partial charge is 0.312 e. The normalized spacial score (nSPS) is 20.0. The summed E-state index contributed by atoms with van der Waals surface area (Å²) in [6.07, 6.45) is 12.1. The van der Waals surface area contributed by atoms with Crippen molar-refractivity contribution in [1.29, 1.82) is 0 Å². The van der Waals surface area contributed by atoms with Crippen molar-refractivity contribution in [3.8, 4) is 0 Å². The summed E-state index contributed by atoms with van der Waals surface area (Å²) in [4.78, 5) is 17.5. The van der Waals surface area contributed by atoms with Crippen LogP contribution in [0.4, 0.5) is 5.69 Å². The van der Waals surface area contributed by atoms with Gasteiger partial charge in [0.1, 0.15) is 0 Å². The molecule has 3 aliphatic rings. The van der Waals surface area contributed by atoms with Crippen LogP contribution in [0.5, 0.6) is 0 Å². The maximum atomic E-state index is 12.8. The molecule has 0 atom stereocenters. The number of benzene rings is 2. The van der Waals surface area contributed by atoms with E-state index in [0.717, 1.165) is 57.5 Å². The van der Waals surface area contributed by atoms with Crippen LogP contribution in [0.25, 0.3) is 6.08 Å². The first-order valence-electron chi connectivity index (χ1n) is 11.6. The van der Waals surface area contributed by atoms with Crippen LogP contribution in [-0.4, -0.2) is 37.0 Å². The predicted octanol–water partition coefficient (Wildman–Crippen LogP) is 5.62. The second-order valence-electron chi connectivity index (χ2n) is 9.15. The van der Waals surface area contributed by atoms with Crippen LogP contribution in [0.15, 0.2) is 54.6 Å². The number of likely N-dealkylation sites (tertiary alicyclic amines) is 1. The van der Waals surface area contributed by atoms with Gasteiger partial charge < -0.3 is 9.80 Å². The molecule has 1 spiro atoms. The van der Waals surface area contributed by atoms with Gasteiger partial charge in [-0.2, -0.15) is 0 Å². The van der Waals surface area contributed by atoms with Gasteiger partial charge in [-0.25, -0.2) is 0 Å². The molecule has 3 nitrogen and oxygen atoms in total. The molecule has 1 saturated heterocycles. The molecule has 5 rings (SSSR count). The summed E-state index contributed by atoms with van der Waals surface area (Å²) in [6, 6.07) is 17.4. The van der Waals surface area contributed by atoms with E-state index in [2.05, 4.69) is 70.5 Å². The Bertz CT molecular complexity index is 946. The molecule has 0 saturated carbocycles. The van der Waals surface area contributed by atoms with Gasteiger partial charge in [-0.1, -0.05) is 54.6 Å². The Labute approximate surface area is 192 Å². The summed E-state index contributed by atoms with van der Waals surface area (Å²) in [5.41, 5.74) is 5.66. The van der Waals surface area contributed by atoms with E-state index in [1.165, 1.54) is 29.5 Å². The van der Waals surface area contributed by atoms with Crippen LogP contribution in [-0.2, 0) is 16.6 Å². The number of aryl methyl sites for hydroxylation is 1. The minimum atomic E-state index is 0. The number of anilines is 1. The van der Waals surface area contributed by atoms with Gasteiger partial charge in [-0.3, -0.25) is 4.79 Å². The fraction of sp³-hybridized carbons (Fsp3) is 0.444. The van der Waals surface area contributed by atoms with E-state index in [1.54, 1.807) is 0 Å². The zero-order valence-electron chi connectivity index (χ0n) is 18.3. The van der Waals surface area contributed by atoms with Gasteiger partial charge in [0.2, 0.25) is 5.91 Å². The van der Waals surface area contributed by atoms with Crippen molar-refractivity contribution < 1.29 is 4.79 Å². The lowest BCUT2D eigenvalue weighted by Gasteiger charge is -2.39. The topological polar surface area (TPSA) is 23.6 Å². The molecule has 1 amide bonds. The molecule has 0 radical (unpaired) electrons. The first-order chi connectivity index (χ1) is 14.8. The van der Waals surface area contributed by atoms with Gasteiger partial charge in [0.05, 0.1) is 0 Å². The molecule has 0 unspecified atom stereocenters. The van der Waals surface area contributed by atoms with Crippen molar-refractivity contribution in [1.82, 2.24) is 4.90 Å². The minimum Gasteiger partial charge on any atom is -0.312 e. The molecule has 0 bridgehead atoms. The number of piperidine rings is 1. The second-order valence-corrected chi connectivity index (χ2v) is 9.15. The molecule has 1 fully saturated rings. The highest BCUT2D eigenvalue weighted by atomic mass is 35.5. The van der Waals surface area contributed by atoms with E-state index in [1.807, 2.05) is 0 Å². The van der Waals surface area contributed by atoms with Crippen LogP contribution in [0, 0.1) is 0 Å². The summed E-state index contributed by atoms with van der Waals surface area (Å²) >= 11 is 0. The number of carbonyl (C=O) groups excluding carboxylic acids is 1. The third kappa shape index (κ3) is 4.44. The predicted molar refractivity (Wildman–Crippen MR) is 131 cm³/mol. The standard InChI is InChI=1S/C27H32N2O.ClH/c30-26-13-6-3-10-23-9-2-5-12-25(23)29(26)19-7-18-28-20-16-27(17-21-28)15-14-22-8-1-4-11-24(22)27;/h1-2,4-5,8-9,11-12,14-15H,3,6-7,10,13,16-21H2;1H. The first kappa shape index (κ1) is 22.1. The molecular formula is C27H33ClN2O. The summed E-state index contributed by atoms with van der Waals surface area (Å²) in [5, 5.41) is 0. The zero-order chi connectivity index (χ0) is 20.4. The monoisotopic (exact) mass is 436 g/mol. The number of rotatable bonds is 4. The van der Waals surface area contributed by atoms with Gasteiger partial charge in [-0.05, 0) is 80.9 Å². The Balaban J connectivity index is 0.00000231. The van der Waals surface area contributed by atoms with Crippen molar-refractivity contribution in [2.24, 2.45) is 0 Å². The molecule has 2 aromatic rings. The number of nitrogens with zero attached hydrogens (tertiary/aromatic N) is 2. The average molecular weight is 437 g/mol. The van der Waals surface area contributed by atoms with Crippen LogP contribution >= 0.6 is 12.4 Å². The highest BCUT2D eigenvalue weighted by molar-refractivity contribution is 5.94. The number of hydrogen-bond acceptors (Lipinski definition) is 2. The molecule has 2 aromatic carbocycles. The molecule has 31 heavy (non-hydrogen) atoms. The number of halogens is 1. The zero-order valence-corrected chi connectivity index (χ0v) is 19.1. The summed E-state index contributed by atoms with van der Waals surface area (Å²) in [7, 11) is 0. The van der Waals surface area contributed by atoms with Crippen molar-refractivity contribution >= 4 is 30.1 Å². The van der Waals surface area contributed by atoms with Crippen molar-refractivity contribution in [2.75, 3.05) is 31.1 Å². The minimum absolute atomic E-state index is 0. The lowest BCUT2D eigenvalue weighted by molar-refractivity contribution is -0.118. The van der Waals surface area contributed by atoms with E-state index >= 15 is 0 Å². The van der Waals surface area contributed by atoms with Crippen molar-refractivity contribution in [3.05, 3.63) is 71.3 Å². The average Bonchev–Trinajstić information content (AvgIpc) is 3.13. The maximum Gasteiger partial charge on any atom is 0.226 e. The lowest BCUT2D eigenvalue weighted by atomic mass is 9.74. The molecule has 164 valence electrons. The Morgan fingerprint density at radius 3 is 2.48 bits per heavy atom. The third-order valence-electron chi connectivity index (χ3n) is 7.35. The quantitative estimate of drug-likeness (QED) is 0.621. The number of para-hydroxylation sites is 1. The number of hydrogen-bond donors (Lipinski definition) is 0. The van der Waals surface area contributed by atoms with Gasteiger partial charge in [0, 0.05) is 24.1 Å². The first-order valence-corrected chi connectivity index (χ1v) is 11.6. The fourth-order valence-electron chi connectivity index (χ4n) is 5.59. The Morgan fingerprint density at radius 1 is 0.871 bits per heavy atom. The summed E-state index contributed by atoms with van der Waals surface area (Å²) in [6.45, 7) is 4.19. The van der Waals surface area contributed by atoms with E-state index in [9.17, 15) is 4.79 Å². The Kier molecular flexibility index (Phi) is 6.83. The van der Waals surface area contributed by atoms with Crippen LogP contribution in [0.2, 0.25) is 0 Å². The van der Waals surface area contributed by atoms with Crippen LogP contribution in [0.1, 0.15) is 55.2 Å². The molecule has 1 aliphatic carbocycles. The van der Waals surface area contributed by atoms with Crippen LogP contribution < -0.4 is 4.90 Å². The van der Waals surface area contributed by atoms with Crippen molar-refractivity contribution in [3.63, 3.8) is 0 Å². The number of amides is 1. The Morgan fingerprint density at radius 2 is 1.61 bits per heavy atom. The molecule has 0 N–H and O–H groups in total. The van der Waals surface area contributed by atoms with Gasteiger partial charge in [0.25, 0.3) is 0 Å². The van der Waals surface area contributed by atoms with E-state index in [0.29, 0.717) is 12.3 Å². The summed E-state index contributed by atoms with van der Waals surface area (Å²) < 4.78 is 0. The number of allylic oxidation sites excluding steroid dienone is 1. The SMILES string of the molecule is Cl.O=C1CCCCc2ccccc2N1CCCN1CCC2(C=Cc3ccccc32)CC1. The highest BCUT2D eigenvalue weighted by Gasteiger charge is 2.37. The molecule has 4 heteroatoms. The van der Waals surface area contributed by atoms with Gasteiger partial charge in [-0.15, -0.1) is 12.4 Å². The van der Waals surface area contributed by atoms with E-state index in [-0.39, 0.29) is 17.8 Å².